The molecule has 1 aromatic rings. The highest BCUT2D eigenvalue weighted by Crippen LogP contribution is 2.28. The summed E-state index contributed by atoms with van der Waals surface area (Å²) in [5.74, 6) is 1.06. The monoisotopic (exact) mass is 333 g/mol. The summed E-state index contributed by atoms with van der Waals surface area (Å²) in [6.07, 6.45) is 2.61. The summed E-state index contributed by atoms with van der Waals surface area (Å²) in [7, 11) is 1.56. The highest BCUT2D eigenvalue weighted by Gasteiger charge is 2.12. The van der Waals surface area contributed by atoms with Crippen molar-refractivity contribution in [2.45, 2.75) is 6.42 Å². The molecule has 2 rings (SSSR count). The van der Waals surface area contributed by atoms with Crippen LogP contribution in [-0.4, -0.2) is 63.8 Å². The molecule has 0 atom stereocenters. The minimum atomic E-state index is -0.0936. The standard InChI is InChI=1S/C18H27N3O3/c1-3-13-24-16-6-5-15(14-17(16)23-2)18(22)20-7-4-10-21-11-8-19-9-12-21/h3,5-6,14,19H,1,4,7-13H2,2H3,(H,20,22). The topological polar surface area (TPSA) is 62.8 Å². The van der Waals surface area contributed by atoms with E-state index in [2.05, 4.69) is 22.1 Å². The molecule has 1 heterocycles. The Morgan fingerprint density at radius 2 is 2.17 bits per heavy atom. The van der Waals surface area contributed by atoms with Gasteiger partial charge in [0.05, 0.1) is 7.11 Å². The molecule has 132 valence electrons. The van der Waals surface area contributed by atoms with E-state index in [1.807, 2.05) is 0 Å². The van der Waals surface area contributed by atoms with Crippen molar-refractivity contribution in [1.29, 1.82) is 0 Å². The van der Waals surface area contributed by atoms with Crippen LogP contribution in [0.2, 0.25) is 0 Å². The van der Waals surface area contributed by atoms with E-state index in [4.69, 9.17) is 9.47 Å². The van der Waals surface area contributed by atoms with Gasteiger partial charge in [0.15, 0.2) is 11.5 Å². The van der Waals surface area contributed by atoms with E-state index in [0.717, 1.165) is 39.1 Å². The van der Waals surface area contributed by atoms with Crippen LogP contribution in [0.3, 0.4) is 0 Å². The normalized spacial score (nSPS) is 14.9. The van der Waals surface area contributed by atoms with E-state index in [-0.39, 0.29) is 5.91 Å². The molecule has 1 aliphatic heterocycles. The third-order valence-electron chi connectivity index (χ3n) is 3.93. The minimum Gasteiger partial charge on any atom is -0.493 e. The summed E-state index contributed by atoms with van der Waals surface area (Å²) in [4.78, 5) is 14.7. The Morgan fingerprint density at radius 1 is 1.38 bits per heavy atom. The number of hydrogen-bond donors (Lipinski definition) is 2. The molecule has 0 spiro atoms. The molecule has 1 amide bonds. The number of nitrogens with one attached hydrogen (secondary N) is 2. The molecule has 1 aromatic carbocycles. The zero-order valence-corrected chi connectivity index (χ0v) is 14.3. The summed E-state index contributed by atoms with van der Waals surface area (Å²) < 4.78 is 10.8. The summed E-state index contributed by atoms with van der Waals surface area (Å²) in [5.41, 5.74) is 0.569. The highest BCUT2D eigenvalue weighted by atomic mass is 16.5. The minimum absolute atomic E-state index is 0.0936. The molecule has 0 bridgehead atoms. The van der Waals surface area contributed by atoms with Gasteiger partial charge in [-0.25, -0.2) is 0 Å². The lowest BCUT2D eigenvalue weighted by molar-refractivity contribution is 0.0951. The van der Waals surface area contributed by atoms with Crippen molar-refractivity contribution >= 4 is 5.91 Å². The van der Waals surface area contributed by atoms with Crippen LogP contribution in [0.1, 0.15) is 16.8 Å². The van der Waals surface area contributed by atoms with Crippen LogP contribution >= 0.6 is 0 Å². The number of carbonyl (C=O) groups is 1. The molecule has 1 saturated heterocycles. The molecule has 0 aromatic heterocycles. The Balaban J connectivity index is 1.79. The lowest BCUT2D eigenvalue weighted by Crippen LogP contribution is -2.44. The molecule has 0 aliphatic carbocycles. The number of benzene rings is 1. The lowest BCUT2D eigenvalue weighted by atomic mass is 10.2. The van der Waals surface area contributed by atoms with Gasteiger partial charge in [0, 0.05) is 38.3 Å². The molecule has 6 heteroatoms. The van der Waals surface area contributed by atoms with Gasteiger partial charge >= 0.3 is 0 Å². The first-order chi connectivity index (χ1) is 11.7. The third-order valence-corrected chi connectivity index (χ3v) is 3.93. The van der Waals surface area contributed by atoms with Gasteiger partial charge in [0.25, 0.3) is 5.91 Å². The molecule has 0 radical (unpaired) electrons. The van der Waals surface area contributed by atoms with Gasteiger partial charge in [-0.3, -0.25) is 4.79 Å². The van der Waals surface area contributed by atoms with E-state index in [1.165, 1.54) is 0 Å². The molecular formula is C18H27N3O3. The molecule has 2 N–H and O–H groups in total. The van der Waals surface area contributed by atoms with Crippen molar-refractivity contribution in [3.05, 3.63) is 36.4 Å². The van der Waals surface area contributed by atoms with Crippen LogP contribution in [0.5, 0.6) is 11.5 Å². The molecule has 1 fully saturated rings. The van der Waals surface area contributed by atoms with Crippen LogP contribution in [0.4, 0.5) is 0 Å². The number of rotatable bonds is 9. The summed E-state index contributed by atoms with van der Waals surface area (Å²) in [5, 5.41) is 6.29. The van der Waals surface area contributed by atoms with Crippen molar-refractivity contribution in [1.82, 2.24) is 15.5 Å². The van der Waals surface area contributed by atoms with E-state index in [9.17, 15) is 4.79 Å². The average molecular weight is 333 g/mol. The number of hydrogen-bond acceptors (Lipinski definition) is 5. The first-order valence-electron chi connectivity index (χ1n) is 8.37. The Hall–Kier alpha value is -2.05. The van der Waals surface area contributed by atoms with Crippen molar-refractivity contribution < 1.29 is 14.3 Å². The Bertz CT molecular complexity index is 542. The van der Waals surface area contributed by atoms with E-state index in [0.29, 0.717) is 30.2 Å². The van der Waals surface area contributed by atoms with Gasteiger partial charge in [-0.2, -0.15) is 0 Å². The first kappa shape index (κ1) is 18.3. The third kappa shape index (κ3) is 5.54. The summed E-state index contributed by atoms with van der Waals surface area (Å²) >= 11 is 0. The summed E-state index contributed by atoms with van der Waals surface area (Å²) in [6, 6.07) is 5.19. The first-order valence-corrected chi connectivity index (χ1v) is 8.37. The van der Waals surface area contributed by atoms with Crippen LogP contribution in [0.25, 0.3) is 0 Å². The second-order valence-corrected chi connectivity index (χ2v) is 5.67. The quantitative estimate of drug-likeness (QED) is 0.527. The molecule has 6 nitrogen and oxygen atoms in total. The van der Waals surface area contributed by atoms with Crippen molar-refractivity contribution in [3.63, 3.8) is 0 Å². The number of amides is 1. The van der Waals surface area contributed by atoms with E-state index >= 15 is 0 Å². The van der Waals surface area contributed by atoms with E-state index in [1.54, 1.807) is 31.4 Å². The van der Waals surface area contributed by atoms with E-state index < -0.39 is 0 Å². The number of methoxy groups -OCH3 is 1. The fraction of sp³-hybridized carbons (Fsp3) is 0.500. The fourth-order valence-corrected chi connectivity index (χ4v) is 2.62. The Labute approximate surface area is 143 Å². The fourth-order valence-electron chi connectivity index (χ4n) is 2.62. The maximum Gasteiger partial charge on any atom is 0.251 e. The molecule has 0 saturated carbocycles. The summed E-state index contributed by atoms with van der Waals surface area (Å²) in [6.45, 7) is 9.95. The van der Waals surface area contributed by atoms with Crippen LogP contribution in [0.15, 0.2) is 30.9 Å². The second kappa shape index (κ2) is 9.95. The van der Waals surface area contributed by atoms with Gasteiger partial charge in [-0.05, 0) is 31.2 Å². The molecule has 1 aliphatic rings. The molecule has 0 unspecified atom stereocenters. The zero-order valence-electron chi connectivity index (χ0n) is 14.3. The van der Waals surface area contributed by atoms with Gasteiger partial charge in [-0.1, -0.05) is 12.7 Å². The van der Waals surface area contributed by atoms with Gasteiger partial charge in [-0.15, -0.1) is 0 Å². The smallest absolute Gasteiger partial charge is 0.251 e. The number of nitrogens with zero attached hydrogens (tertiary/aromatic N) is 1. The average Bonchev–Trinajstić information content (AvgIpc) is 2.64. The largest absolute Gasteiger partial charge is 0.493 e. The number of ether oxygens (including phenoxy) is 2. The number of piperazine rings is 1. The van der Waals surface area contributed by atoms with Crippen molar-refractivity contribution in [2.75, 3.05) is 53.0 Å². The second-order valence-electron chi connectivity index (χ2n) is 5.67. The molecule has 24 heavy (non-hydrogen) atoms. The SMILES string of the molecule is C=CCOc1ccc(C(=O)NCCCN2CCNCC2)cc1OC. The lowest BCUT2D eigenvalue weighted by Gasteiger charge is -2.27. The maximum atomic E-state index is 12.2. The van der Waals surface area contributed by atoms with Crippen LogP contribution < -0.4 is 20.1 Å². The van der Waals surface area contributed by atoms with Crippen molar-refractivity contribution in [3.8, 4) is 11.5 Å². The number of carbonyl (C=O) groups excluding carboxylic acids is 1. The Morgan fingerprint density at radius 3 is 2.88 bits per heavy atom. The van der Waals surface area contributed by atoms with Gasteiger partial charge in [0.1, 0.15) is 6.61 Å². The van der Waals surface area contributed by atoms with Crippen LogP contribution in [-0.2, 0) is 0 Å². The predicted octanol–water partition coefficient (Wildman–Crippen LogP) is 1.29. The van der Waals surface area contributed by atoms with Crippen LogP contribution in [0, 0.1) is 0 Å². The maximum absolute atomic E-state index is 12.2. The predicted molar refractivity (Wildman–Crippen MR) is 94.9 cm³/mol. The zero-order chi connectivity index (χ0) is 17.2. The van der Waals surface area contributed by atoms with Crippen molar-refractivity contribution in [2.24, 2.45) is 0 Å². The van der Waals surface area contributed by atoms with Gasteiger partial charge < -0.3 is 25.0 Å². The highest BCUT2D eigenvalue weighted by molar-refractivity contribution is 5.94. The van der Waals surface area contributed by atoms with Gasteiger partial charge in [0.2, 0.25) is 0 Å². The Kier molecular flexibility index (Phi) is 7.58. The molecular weight excluding hydrogens is 306 g/mol.